The summed E-state index contributed by atoms with van der Waals surface area (Å²) in [5.74, 6) is 0.911. The smallest absolute Gasteiger partial charge is 0.120 e. The van der Waals surface area contributed by atoms with E-state index in [9.17, 15) is 0 Å². The normalized spacial score (nSPS) is 17.0. The van der Waals surface area contributed by atoms with E-state index >= 15 is 0 Å². The molecular formula is C16H27N3O. The summed E-state index contributed by atoms with van der Waals surface area (Å²) < 4.78 is 5.31. The van der Waals surface area contributed by atoms with E-state index in [1.54, 1.807) is 7.11 Å². The van der Waals surface area contributed by atoms with E-state index in [0.29, 0.717) is 0 Å². The van der Waals surface area contributed by atoms with Crippen molar-refractivity contribution in [2.24, 2.45) is 0 Å². The minimum atomic E-state index is 0.167. The summed E-state index contributed by atoms with van der Waals surface area (Å²) in [5.41, 5.74) is 1.37. The molecule has 1 heterocycles. The van der Waals surface area contributed by atoms with Gasteiger partial charge in [-0.1, -0.05) is 6.07 Å². The lowest BCUT2D eigenvalue weighted by Crippen LogP contribution is -2.57. The fourth-order valence-electron chi connectivity index (χ4n) is 2.89. The van der Waals surface area contributed by atoms with Gasteiger partial charge >= 0.3 is 0 Å². The molecular weight excluding hydrogens is 250 g/mol. The van der Waals surface area contributed by atoms with E-state index in [2.05, 4.69) is 48.1 Å². The van der Waals surface area contributed by atoms with Gasteiger partial charge in [0.2, 0.25) is 0 Å². The van der Waals surface area contributed by atoms with Crippen LogP contribution in [0, 0.1) is 0 Å². The highest BCUT2D eigenvalue weighted by atomic mass is 16.5. The van der Waals surface area contributed by atoms with Gasteiger partial charge in [-0.3, -0.25) is 4.90 Å². The van der Waals surface area contributed by atoms with Crippen LogP contribution in [-0.4, -0.2) is 57.3 Å². The fraction of sp³-hybridized carbons (Fsp3) is 0.625. The van der Waals surface area contributed by atoms with Gasteiger partial charge in [-0.15, -0.1) is 0 Å². The van der Waals surface area contributed by atoms with E-state index in [-0.39, 0.29) is 5.54 Å². The molecule has 0 radical (unpaired) electrons. The highest BCUT2D eigenvalue weighted by Crippen LogP contribution is 2.23. The van der Waals surface area contributed by atoms with Gasteiger partial charge in [0.25, 0.3) is 0 Å². The van der Waals surface area contributed by atoms with Crippen molar-refractivity contribution < 1.29 is 4.74 Å². The van der Waals surface area contributed by atoms with Crippen molar-refractivity contribution >= 4 is 5.69 Å². The summed E-state index contributed by atoms with van der Waals surface area (Å²) in [6.07, 6.45) is 0. The topological polar surface area (TPSA) is 27.7 Å². The van der Waals surface area contributed by atoms with Crippen molar-refractivity contribution in [1.82, 2.24) is 10.2 Å². The maximum Gasteiger partial charge on any atom is 0.120 e. The average Bonchev–Trinajstić information content (AvgIpc) is 2.48. The molecule has 0 bridgehead atoms. The predicted molar refractivity (Wildman–Crippen MR) is 84.8 cm³/mol. The molecule has 0 spiro atoms. The summed E-state index contributed by atoms with van der Waals surface area (Å²) in [4.78, 5) is 4.88. The Morgan fingerprint density at radius 2 is 2.00 bits per heavy atom. The van der Waals surface area contributed by atoms with Crippen LogP contribution in [0.25, 0.3) is 0 Å². The molecule has 112 valence electrons. The van der Waals surface area contributed by atoms with Gasteiger partial charge in [0.15, 0.2) is 0 Å². The van der Waals surface area contributed by atoms with Crippen LogP contribution < -0.4 is 15.0 Å². The summed E-state index contributed by atoms with van der Waals surface area (Å²) in [6, 6.07) is 8.26. The third kappa shape index (κ3) is 3.64. The number of nitrogens with one attached hydrogen (secondary N) is 1. The average molecular weight is 277 g/mol. The molecule has 4 nitrogen and oxygen atoms in total. The predicted octanol–water partition coefficient (Wildman–Crippen LogP) is 1.82. The molecule has 0 amide bonds. The fourth-order valence-corrected chi connectivity index (χ4v) is 2.89. The first-order valence-electron chi connectivity index (χ1n) is 7.34. The maximum atomic E-state index is 5.31. The standard InChI is InChI=1S/C16H27N3O/c1-16(2,19-10-8-17-9-11-19)13-18(3)14-6-5-7-15(12-14)20-4/h5-7,12,17H,8-11,13H2,1-4H3. The lowest BCUT2D eigenvalue weighted by atomic mass is 10.0. The second kappa shape index (κ2) is 6.46. The number of nitrogens with zero attached hydrogens (tertiary/aromatic N) is 2. The van der Waals surface area contributed by atoms with E-state index in [1.165, 1.54) is 5.69 Å². The van der Waals surface area contributed by atoms with E-state index < -0.39 is 0 Å². The number of methoxy groups -OCH3 is 1. The number of benzene rings is 1. The number of anilines is 1. The van der Waals surface area contributed by atoms with Crippen LogP contribution in [0.15, 0.2) is 24.3 Å². The second-order valence-electron chi connectivity index (χ2n) is 6.11. The quantitative estimate of drug-likeness (QED) is 0.888. The molecule has 1 aliphatic rings. The van der Waals surface area contributed by atoms with E-state index in [4.69, 9.17) is 4.74 Å². The first-order chi connectivity index (χ1) is 9.53. The van der Waals surface area contributed by atoms with Crippen molar-refractivity contribution in [3.63, 3.8) is 0 Å². The summed E-state index contributed by atoms with van der Waals surface area (Å²) in [6.45, 7) is 10.1. The van der Waals surface area contributed by atoms with Gasteiger partial charge < -0.3 is 15.0 Å². The van der Waals surface area contributed by atoms with Crippen LogP contribution in [0.4, 0.5) is 5.69 Å². The van der Waals surface area contributed by atoms with Crippen LogP contribution in [0.2, 0.25) is 0 Å². The number of likely N-dealkylation sites (N-methyl/N-ethyl adjacent to an activating group) is 1. The van der Waals surface area contributed by atoms with Gasteiger partial charge in [-0.05, 0) is 26.0 Å². The zero-order valence-electron chi connectivity index (χ0n) is 13.1. The largest absolute Gasteiger partial charge is 0.497 e. The molecule has 1 N–H and O–H groups in total. The Hall–Kier alpha value is -1.26. The van der Waals surface area contributed by atoms with Crippen molar-refractivity contribution in [1.29, 1.82) is 0 Å². The second-order valence-corrected chi connectivity index (χ2v) is 6.11. The Morgan fingerprint density at radius 3 is 2.65 bits per heavy atom. The Balaban J connectivity index is 2.03. The lowest BCUT2D eigenvalue weighted by molar-refractivity contribution is 0.109. The molecule has 0 atom stereocenters. The first kappa shape index (κ1) is 15.1. The van der Waals surface area contributed by atoms with Crippen LogP contribution in [-0.2, 0) is 0 Å². The van der Waals surface area contributed by atoms with Crippen molar-refractivity contribution in [3.05, 3.63) is 24.3 Å². The molecule has 0 aromatic heterocycles. The SMILES string of the molecule is COc1cccc(N(C)CC(C)(C)N2CCNCC2)c1. The first-order valence-corrected chi connectivity index (χ1v) is 7.34. The summed E-state index contributed by atoms with van der Waals surface area (Å²) in [5, 5.41) is 3.42. The van der Waals surface area contributed by atoms with Crippen molar-refractivity contribution in [3.8, 4) is 5.75 Å². The van der Waals surface area contributed by atoms with E-state index in [0.717, 1.165) is 38.5 Å². The monoisotopic (exact) mass is 277 g/mol. The number of hydrogen-bond acceptors (Lipinski definition) is 4. The molecule has 2 rings (SSSR count). The summed E-state index contributed by atoms with van der Waals surface area (Å²) in [7, 11) is 3.86. The van der Waals surface area contributed by atoms with Crippen LogP contribution in [0.1, 0.15) is 13.8 Å². The molecule has 1 fully saturated rings. The molecule has 1 aromatic rings. The Bertz CT molecular complexity index is 427. The van der Waals surface area contributed by atoms with Crippen LogP contribution in [0.3, 0.4) is 0 Å². The van der Waals surface area contributed by atoms with Crippen molar-refractivity contribution in [2.75, 3.05) is 51.8 Å². The van der Waals surface area contributed by atoms with Gasteiger partial charge in [0, 0.05) is 57.1 Å². The van der Waals surface area contributed by atoms with Gasteiger partial charge in [0.05, 0.1) is 7.11 Å². The molecule has 0 saturated carbocycles. The Morgan fingerprint density at radius 1 is 1.30 bits per heavy atom. The molecule has 0 aliphatic carbocycles. The number of piperazine rings is 1. The Kier molecular flexibility index (Phi) is 4.89. The number of ether oxygens (including phenoxy) is 1. The molecule has 0 unspecified atom stereocenters. The molecule has 20 heavy (non-hydrogen) atoms. The highest BCUT2D eigenvalue weighted by Gasteiger charge is 2.29. The minimum absolute atomic E-state index is 0.167. The van der Waals surface area contributed by atoms with Crippen LogP contribution in [0.5, 0.6) is 5.75 Å². The molecule has 1 saturated heterocycles. The van der Waals surface area contributed by atoms with Gasteiger partial charge in [-0.25, -0.2) is 0 Å². The van der Waals surface area contributed by atoms with Crippen LogP contribution >= 0.6 is 0 Å². The number of hydrogen-bond donors (Lipinski definition) is 1. The molecule has 4 heteroatoms. The Labute approximate surface area is 122 Å². The minimum Gasteiger partial charge on any atom is -0.497 e. The zero-order chi connectivity index (χ0) is 14.6. The highest BCUT2D eigenvalue weighted by molar-refractivity contribution is 5.50. The molecule has 1 aromatic carbocycles. The zero-order valence-corrected chi connectivity index (χ0v) is 13.1. The third-order valence-electron chi connectivity index (χ3n) is 4.09. The lowest BCUT2D eigenvalue weighted by Gasteiger charge is -2.43. The third-order valence-corrected chi connectivity index (χ3v) is 4.09. The van der Waals surface area contributed by atoms with Gasteiger partial charge in [-0.2, -0.15) is 0 Å². The number of rotatable bonds is 5. The van der Waals surface area contributed by atoms with E-state index in [1.807, 2.05) is 12.1 Å². The maximum absolute atomic E-state index is 5.31. The molecule has 1 aliphatic heterocycles. The summed E-state index contributed by atoms with van der Waals surface area (Å²) >= 11 is 0. The van der Waals surface area contributed by atoms with Crippen molar-refractivity contribution in [2.45, 2.75) is 19.4 Å². The van der Waals surface area contributed by atoms with Gasteiger partial charge in [0.1, 0.15) is 5.75 Å².